The normalized spacial score (nSPS) is 12.9. The van der Waals surface area contributed by atoms with Crippen molar-refractivity contribution in [1.29, 1.82) is 0 Å². The number of amides is 1. The number of rotatable bonds is 57. The SMILES string of the molecule is CCCCC/C=C\CCCCCCCC(=O)OCCCCC/C=C\C=C/CCCCCCCCCCCCC(=O)NC(CO)C(O)/C=C/CCCCCCCCCCCCCCCCCCCCCC. The van der Waals surface area contributed by atoms with Crippen molar-refractivity contribution >= 4 is 11.9 Å². The van der Waals surface area contributed by atoms with Gasteiger partial charge in [0, 0.05) is 12.8 Å². The topological polar surface area (TPSA) is 95.9 Å². The highest BCUT2D eigenvalue weighted by molar-refractivity contribution is 5.76. The number of hydrogen-bond acceptors (Lipinski definition) is 5. The van der Waals surface area contributed by atoms with Gasteiger partial charge in [-0.2, -0.15) is 0 Å². The van der Waals surface area contributed by atoms with Crippen LogP contribution in [-0.4, -0.2) is 47.4 Å². The summed E-state index contributed by atoms with van der Waals surface area (Å²) in [5.41, 5.74) is 0. The minimum absolute atomic E-state index is 0.0244. The predicted molar refractivity (Wildman–Crippen MR) is 306 cm³/mol. The van der Waals surface area contributed by atoms with Crippen molar-refractivity contribution in [1.82, 2.24) is 5.32 Å². The van der Waals surface area contributed by atoms with Crippen LogP contribution in [0.3, 0.4) is 0 Å². The number of allylic oxidation sites excluding steroid dienone is 7. The molecule has 70 heavy (non-hydrogen) atoms. The molecular weight excluding hydrogens is 863 g/mol. The van der Waals surface area contributed by atoms with Crippen LogP contribution in [0, 0.1) is 0 Å². The maximum Gasteiger partial charge on any atom is 0.305 e. The lowest BCUT2D eigenvalue weighted by molar-refractivity contribution is -0.143. The number of nitrogens with one attached hydrogen (secondary N) is 1. The maximum atomic E-state index is 12.5. The van der Waals surface area contributed by atoms with Crippen molar-refractivity contribution in [2.45, 2.75) is 334 Å². The molecule has 0 aromatic heterocycles. The van der Waals surface area contributed by atoms with E-state index in [0.717, 1.165) is 77.0 Å². The highest BCUT2D eigenvalue weighted by Crippen LogP contribution is 2.17. The van der Waals surface area contributed by atoms with Gasteiger partial charge in [0.15, 0.2) is 0 Å². The molecule has 0 aromatic carbocycles. The minimum atomic E-state index is -0.853. The summed E-state index contributed by atoms with van der Waals surface area (Å²) in [4.78, 5) is 24.5. The van der Waals surface area contributed by atoms with Crippen LogP contribution < -0.4 is 5.32 Å². The summed E-state index contributed by atoms with van der Waals surface area (Å²) in [5.74, 6) is -0.100. The van der Waals surface area contributed by atoms with Crippen LogP contribution in [-0.2, 0) is 14.3 Å². The first-order valence-electron chi connectivity index (χ1n) is 30.9. The predicted octanol–water partition coefficient (Wildman–Crippen LogP) is 19.4. The third-order valence-electron chi connectivity index (χ3n) is 14.1. The van der Waals surface area contributed by atoms with Crippen molar-refractivity contribution in [3.8, 4) is 0 Å². The van der Waals surface area contributed by atoms with Crippen LogP contribution in [0.5, 0.6) is 0 Å². The van der Waals surface area contributed by atoms with Crippen molar-refractivity contribution < 1.29 is 24.5 Å². The number of carbonyl (C=O) groups excluding carboxylic acids is 2. The Bertz CT molecular complexity index is 1180. The van der Waals surface area contributed by atoms with Crippen LogP contribution in [0.15, 0.2) is 48.6 Å². The summed E-state index contributed by atoms with van der Waals surface area (Å²) >= 11 is 0. The molecular formula is C64H119NO5. The molecule has 6 heteroatoms. The minimum Gasteiger partial charge on any atom is -0.466 e. The lowest BCUT2D eigenvalue weighted by atomic mass is 10.0. The summed E-state index contributed by atoms with van der Waals surface area (Å²) in [6.07, 6.45) is 75.8. The fourth-order valence-electron chi connectivity index (χ4n) is 9.33. The first-order valence-corrected chi connectivity index (χ1v) is 30.9. The number of hydrogen-bond donors (Lipinski definition) is 3. The lowest BCUT2D eigenvalue weighted by Crippen LogP contribution is -2.45. The van der Waals surface area contributed by atoms with E-state index in [1.54, 1.807) is 6.08 Å². The molecule has 0 bridgehead atoms. The zero-order valence-corrected chi connectivity index (χ0v) is 46.7. The summed E-state index contributed by atoms with van der Waals surface area (Å²) in [6.45, 7) is 4.85. The van der Waals surface area contributed by atoms with E-state index in [1.165, 1.54) is 218 Å². The molecule has 0 fully saturated rings. The first kappa shape index (κ1) is 67.8. The molecule has 0 aromatic rings. The highest BCUT2D eigenvalue weighted by Gasteiger charge is 2.18. The monoisotopic (exact) mass is 982 g/mol. The Morgan fingerprint density at radius 1 is 0.400 bits per heavy atom. The fraction of sp³-hybridized carbons (Fsp3) is 0.844. The van der Waals surface area contributed by atoms with E-state index >= 15 is 0 Å². The Kier molecular flexibility index (Phi) is 57.5. The van der Waals surface area contributed by atoms with Crippen molar-refractivity contribution in [3.05, 3.63) is 48.6 Å². The summed E-state index contributed by atoms with van der Waals surface area (Å²) < 4.78 is 5.44. The van der Waals surface area contributed by atoms with E-state index in [4.69, 9.17) is 4.74 Å². The third-order valence-corrected chi connectivity index (χ3v) is 14.1. The van der Waals surface area contributed by atoms with E-state index in [-0.39, 0.29) is 18.5 Å². The molecule has 2 unspecified atom stereocenters. The number of aliphatic hydroxyl groups is 2. The number of carbonyl (C=O) groups is 2. The molecule has 0 saturated heterocycles. The van der Waals surface area contributed by atoms with E-state index in [2.05, 4.69) is 55.6 Å². The second-order valence-corrected chi connectivity index (χ2v) is 21.1. The van der Waals surface area contributed by atoms with Gasteiger partial charge in [0.1, 0.15) is 0 Å². The molecule has 0 aliphatic rings. The van der Waals surface area contributed by atoms with E-state index in [0.29, 0.717) is 19.4 Å². The average molecular weight is 983 g/mol. The Morgan fingerprint density at radius 2 is 0.714 bits per heavy atom. The molecule has 0 radical (unpaired) electrons. The molecule has 2 atom stereocenters. The number of ether oxygens (including phenoxy) is 1. The Labute approximate surface area is 436 Å². The van der Waals surface area contributed by atoms with Gasteiger partial charge in [-0.15, -0.1) is 0 Å². The van der Waals surface area contributed by atoms with Crippen LogP contribution in [0.25, 0.3) is 0 Å². The van der Waals surface area contributed by atoms with Gasteiger partial charge >= 0.3 is 5.97 Å². The molecule has 0 rings (SSSR count). The Balaban J connectivity index is 3.52. The molecule has 0 aliphatic carbocycles. The van der Waals surface area contributed by atoms with Crippen molar-refractivity contribution in [2.24, 2.45) is 0 Å². The lowest BCUT2D eigenvalue weighted by Gasteiger charge is -2.20. The number of esters is 1. The zero-order chi connectivity index (χ0) is 50.7. The largest absolute Gasteiger partial charge is 0.466 e. The molecule has 1 amide bonds. The van der Waals surface area contributed by atoms with Gasteiger partial charge in [-0.3, -0.25) is 9.59 Å². The van der Waals surface area contributed by atoms with E-state index < -0.39 is 12.1 Å². The second kappa shape index (κ2) is 59.4. The summed E-state index contributed by atoms with van der Waals surface area (Å²) in [7, 11) is 0. The van der Waals surface area contributed by atoms with Gasteiger partial charge in [0.05, 0.1) is 25.4 Å². The number of unbranched alkanes of at least 4 members (excludes halogenated alkanes) is 41. The van der Waals surface area contributed by atoms with Crippen molar-refractivity contribution in [3.63, 3.8) is 0 Å². The molecule has 0 aliphatic heterocycles. The number of aliphatic hydroxyl groups excluding tert-OH is 2. The highest BCUT2D eigenvalue weighted by atomic mass is 16.5. The molecule has 410 valence electrons. The van der Waals surface area contributed by atoms with Gasteiger partial charge in [-0.1, -0.05) is 268 Å². The molecule has 0 saturated carbocycles. The summed E-state index contributed by atoms with van der Waals surface area (Å²) in [6, 6.07) is -0.637. The van der Waals surface area contributed by atoms with Crippen LogP contribution in [0.4, 0.5) is 0 Å². The Hall–Kier alpha value is -2.18. The van der Waals surface area contributed by atoms with Gasteiger partial charge in [0.2, 0.25) is 5.91 Å². The molecule has 3 N–H and O–H groups in total. The molecule has 6 nitrogen and oxygen atoms in total. The van der Waals surface area contributed by atoms with Gasteiger partial charge in [-0.25, -0.2) is 0 Å². The van der Waals surface area contributed by atoms with E-state index in [1.807, 2.05) is 6.08 Å². The third kappa shape index (κ3) is 55.1. The first-order chi connectivity index (χ1) is 34.5. The Morgan fingerprint density at radius 3 is 1.13 bits per heavy atom. The van der Waals surface area contributed by atoms with E-state index in [9.17, 15) is 19.8 Å². The zero-order valence-electron chi connectivity index (χ0n) is 46.7. The molecule has 0 heterocycles. The van der Waals surface area contributed by atoms with Gasteiger partial charge in [-0.05, 0) is 89.9 Å². The fourth-order valence-corrected chi connectivity index (χ4v) is 9.33. The van der Waals surface area contributed by atoms with Crippen molar-refractivity contribution in [2.75, 3.05) is 13.2 Å². The van der Waals surface area contributed by atoms with Gasteiger partial charge < -0.3 is 20.3 Å². The van der Waals surface area contributed by atoms with Gasteiger partial charge in [0.25, 0.3) is 0 Å². The van der Waals surface area contributed by atoms with Crippen LogP contribution >= 0.6 is 0 Å². The molecule has 0 spiro atoms. The standard InChI is InChI=1S/C64H119NO5/c1-3-5-7-9-11-13-15-17-18-19-20-21-22-24-27-30-33-36-40-44-48-52-56-62(67)61(60-66)65-63(68)57-53-49-45-41-37-34-31-28-25-23-26-29-32-35-39-43-47-51-55-59-70-64(69)58-54-50-46-42-38-16-14-12-10-8-6-4-2/h12,14,29,32,35,39,52,56,61-62,66-67H,3-11,13,15-28,30-31,33-34,36-38,40-51,53-55,57-60H2,1-2H3,(H,65,68)/b14-12-,32-29-,39-35-,56-52+. The smallest absolute Gasteiger partial charge is 0.305 e. The maximum absolute atomic E-state index is 12.5. The average Bonchev–Trinajstić information content (AvgIpc) is 3.36. The quantitative estimate of drug-likeness (QED) is 0.0244. The van der Waals surface area contributed by atoms with Crippen LogP contribution in [0.1, 0.15) is 322 Å². The van der Waals surface area contributed by atoms with Crippen LogP contribution in [0.2, 0.25) is 0 Å². The summed E-state index contributed by atoms with van der Waals surface area (Å²) in [5, 5.41) is 23.2. The second-order valence-electron chi connectivity index (χ2n) is 21.1.